The van der Waals surface area contributed by atoms with Crippen LogP contribution in [0, 0.1) is 0 Å². The minimum atomic E-state index is -5.36. The van der Waals surface area contributed by atoms with Crippen LogP contribution in [0.5, 0.6) is 5.75 Å². The highest BCUT2D eigenvalue weighted by molar-refractivity contribution is 9.10. The molecule has 0 aromatic heterocycles. The first-order valence-electron chi connectivity index (χ1n) is 11.7. The van der Waals surface area contributed by atoms with Crippen LogP contribution in [0.2, 0.25) is 0 Å². The summed E-state index contributed by atoms with van der Waals surface area (Å²) in [6.45, 7) is 1.91. The lowest BCUT2D eigenvalue weighted by Crippen LogP contribution is -2.63. The second kappa shape index (κ2) is 14.4. The molecule has 1 heterocycles. The third kappa shape index (κ3) is 10.4. The van der Waals surface area contributed by atoms with E-state index in [2.05, 4.69) is 20.7 Å². The molecule has 240 valence electrons. The highest BCUT2D eigenvalue weighted by Gasteiger charge is 2.53. The molecule has 1 saturated heterocycles. The summed E-state index contributed by atoms with van der Waals surface area (Å²) in [4.78, 5) is 58.1. The number of carbonyl (C=O) groups excluding carboxylic acids is 5. The molecule has 0 spiro atoms. The lowest BCUT2D eigenvalue weighted by molar-refractivity contribution is -0.307. The average molecular weight is 709 g/mol. The molecule has 1 aliphatic heterocycles. The Morgan fingerprint density at radius 1 is 0.907 bits per heavy atom. The number of halogens is 4. The van der Waals surface area contributed by atoms with Crippen molar-refractivity contribution in [2.75, 3.05) is 13.2 Å². The predicted octanol–water partition coefficient (Wildman–Crippen LogP) is 1.72. The molecule has 1 fully saturated rings. The SMILES string of the molecule is CC(=O)OC[C@H]1O[C@@H](OCC(=O)Oc2c(C(F)(F)F)cc(Br)cc2S(=O)(=O)O)[C@H](OC(C)=O)[C@@H](OC(C)=O)[C@@H]1OC(C)=O. The van der Waals surface area contributed by atoms with Gasteiger partial charge >= 0.3 is 36.0 Å². The summed E-state index contributed by atoms with van der Waals surface area (Å²) < 4.78 is 109. The van der Waals surface area contributed by atoms with Crippen molar-refractivity contribution in [2.45, 2.75) is 69.5 Å². The Hall–Kier alpha value is -3.33. The minimum Gasteiger partial charge on any atom is -0.463 e. The zero-order chi connectivity index (χ0) is 32.9. The van der Waals surface area contributed by atoms with E-state index in [1.807, 2.05) is 0 Å². The van der Waals surface area contributed by atoms with E-state index in [9.17, 15) is 50.1 Å². The van der Waals surface area contributed by atoms with Crippen LogP contribution in [0.1, 0.15) is 33.3 Å². The largest absolute Gasteiger partial charge is 0.463 e. The van der Waals surface area contributed by atoms with Crippen LogP contribution in [0.4, 0.5) is 13.2 Å². The van der Waals surface area contributed by atoms with Crippen LogP contribution < -0.4 is 4.74 Å². The first-order chi connectivity index (χ1) is 19.7. The second-order valence-electron chi connectivity index (χ2n) is 8.61. The lowest BCUT2D eigenvalue weighted by atomic mass is 9.98. The molecule has 20 heteroatoms. The summed E-state index contributed by atoms with van der Waals surface area (Å²) in [7, 11) is -5.36. The Labute approximate surface area is 249 Å². The van der Waals surface area contributed by atoms with Crippen molar-refractivity contribution in [3.05, 3.63) is 22.2 Å². The molecular formula is C23H24BrF3O15S. The second-order valence-corrected chi connectivity index (χ2v) is 10.9. The maximum Gasteiger partial charge on any atom is 0.420 e. The third-order valence-corrected chi connectivity index (χ3v) is 6.45. The standard InChI is InChI=1S/C23H24BrF3O15S/c1-9(28)36-7-15-19(38-10(2)29)20(39-11(3)30)21(40-12(4)31)22(41-15)37-8-17(32)42-18-14(23(25,26)27)5-13(24)6-16(18)43(33,34)35/h5-6,15,19-22H,7-8H2,1-4H3,(H,33,34,35)/t15-,19-,20+,21-,22-/m1/s1. The minimum absolute atomic E-state index is 0.387. The van der Waals surface area contributed by atoms with E-state index in [0.717, 1.165) is 27.7 Å². The van der Waals surface area contributed by atoms with Crippen LogP contribution in [0.15, 0.2) is 21.5 Å². The van der Waals surface area contributed by atoms with Gasteiger partial charge in [-0.25, -0.2) is 4.79 Å². The summed E-state index contributed by atoms with van der Waals surface area (Å²) in [5.41, 5.74) is -1.75. The Kier molecular flexibility index (Phi) is 12.0. The smallest absolute Gasteiger partial charge is 0.420 e. The molecule has 0 aliphatic carbocycles. The van der Waals surface area contributed by atoms with Gasteiger partial charge in [0.1, 0.15) is 29.8 Å². The molecule has 1 aromatic carbocycles. The van der Waals surface area contributed by atoms with Gasteiger partial charge in [-0.1, -0.05) is 15.9 Å². The van der Waals surface area contributed by atoms with Gasteiger partial charge in [0.15, 0.2) is 30.4 Å². The molecule has 0 saturated carbocycles. The highest BCUT2D eigenvalue weighted by atomic mass is 79.9. The molecule has 2 rings (SSSR count). The molecule has 15 nitrogen and oxygen atoms in total. The van der Waals surface area contributed by atoms with Crippen LogP contribution in [0.3, 0.4) is 0 Å². The van der Waals surface area contributed by atoms with Gasteiger partial charge in [0.25, 0.3) is 10.1 Å². The number of ether oxygens (including phenoxy) is 7. The number of carbonyl (C=O) groups is 5. The van der Waals surface area contributed by atoms with Crippen molar-refractivity contribution >= 4 is 55.9 Å². The van der Waals surface area contributed by atoms with Crippen molar-refractivity contribution in [2.24, 2.45) is 0 Å². The predicted molar refractivity (Wildman–Crippen MR) is 133 cm³/mol. The Morgan fingerprint density at radius 3 is 1.93 bits per heavy atom. The molecule has 1 aromatic rings. The highest BCUT2D eigenvalue weighted by Crippen LogP contribution is 2.42. The third-order valence-electron chi connectivity index (χ3n) is 5.13. The van der Waals surface area contributed by atoms with Gasteiger partial charge in [-0.05, 0) is 12.1 Å². The van der Waals surface area contributed by atoms with Gasteiger partial charge in [0.05, 0.1) is 0 Å². The summed E-state index contributed by atoms with van der Waals surface area (Å²) in [5.74, 6) is -6.96. The fourth-order valence-corrected chi connectivity index (χ4v) is 4.96. The number of rotatable bonds is 10. The number of hydrogen-bond donors (Lipinski definition) is 1. The summed E-state index contributed by atoms with van der Waals surface area (Å²) in [6, 6.07) is 0.936. The average Bonchev–Trinajstić information content (AvgIpc) is 2.83. The topological polar surface area (TPSA) is 204 Å². The van der Waals surface area contributed by atoms with Crippen molar-refractivity contribution in [3.63, 3.8) is 0 Å². The van der Waals surface area contributed by atoms with Crippen molar-refractivity contribution in [3.8, 4) is 5.75 Å². The number of hydrogen-bond acceptors (Lipinski definition) is 14. The normalized spacial score (nSPS) is 22.2. The fourth-order valence-electron chi connectivity index (χ4n) is 3.69. The van der Waals surface area contributed by atoms with Gasteiger partial charge in [0.2, 0.25) is 0 Å². The summed E-state index contributed by atoms with van der Waals surface area (Å²) >= 11 is 2.68. The van der Waals surface area contributed by atoms with Gasteiger partial charge in [-0.2, -0.15) is 21.6 Å². The van der Waals surface area contributed by atoms with E-state index >= 15 is 0 Å². The van der Waals surface area contributed by atoms with Crippen molar-refractivity contribution in [1.29, 1.82) is 0 Å². The van der Waals surface area contributed by atoms with Crippen molar-refractivity contribution < 1.29 is 83.3 Å². The lowest BCUT2D eigenvalue weighted by Gasteiger charge is -2.43. The van der Waals surface area contributed by atoms with E-state index in [0.29, 0.717) is 12.1 Å². The summed E-state index contributed by atoms with van der Waals surface area (Å²) in [5, 5.41) is 0. The molecule has 0 unspecified atom stereocenters. The molecule has 0 radical (unpaired) electrons. The van der Waals surface area contributed by atoms with Gasteiger partial charge in [-0.3, -0.25) is 23.7 Å². The zero-order valence-electron chi connectivity index (χ0n) is 22.5. The van der Waals surface area contributed by atoms with E-state index in [1.165, 1.54) is 0 Å². The maximum atomic E-state index is 13.6. The molecule has 5 atom stereocenters. The van der Waals surface area contributed by atoms with E-state index in [1.54, 1.807) is 0 Å². The van der Waals surface area contributed by atoms with Gasteiger partial charge < -0.3 is 33.2 Å². The van der Waals surface area contributed by atoms with Crippen LogP contribution in [0.25, 0.3) is 0 Å². The van der Waals surface area contributed by atoms with Crippen LogP contribution in [-0.4, -0.2) is 86.7 Å². The van der Waals surface area contributed by atoms with E-state index in [4.69, 9.17) is 28.4 Å². The molecule has 1 N–H and O–H groups in total. The molecule has 1 aliphatic rings. The molecule has 43 heavy (non-hydrogen) atoms. The first kappa shape index (κ1) is 35.9. The summed E-state index contributed by atoms with van der Waals surface area (Å²) in [6.07, 6.45) is -13.7. The molecule has 0 bridgehead atoms. The number of alkyl halides is 3. The van der Waals surface area contributed by atoms with Crippen LogP contribution in [-0.2, 0) is 68.7 Å². The first-order valence-corrected chi connectivity index (χ1v) is 13.9. The fraction of sp³-hybridized carbons (Fsp3) is 0.522. The monoisotopic (exact) mass is 708 g/mol. The Morgan fingerprint density at radius 2 is 1.44 bits per heavy atom. The Balaban J connectivity index is 2.46. The quantitative estimate of drug-likeness (QED) is 0.159. The molecule has 0 amide bonds. The van der Waals surface area contributed by atoms with Gasteiger partial charge in [0, 0.05) is 32.2 Å². The van der Waals surface area contributed by atoms with Crippen molar-refractivity contribution in [1.82, 2.24) is 0 Å². The van der Waals surface area contributed by atoms with E-state index in [-0.39, 0.29) is 0 Å². The maximum absolute atomic E-state index is 13.6. The Bertz CT molecular complexity index is 1360. The molecular weight excluding hydrogens is 685 g/mol. The van der Waals surface area contributed by atoms with Crippen LogP contribution >= 0.6 is 15.9 Å². The number of esters is 5. The zero-order valence-corrected chi connectivity index (χ0v) is 24.9. The van der Waals surface area contributed by atoms with E-state index < -0.39 is 111 Å². The number of benzene rings is 1. The van der Waals surface area contributed by atoms with Gasteiger partial charge in [-0.15, -0.1) is 0 Å².